The maximum Gasteiger partial charge on any atom is 0.0711 e. The highest BCUT2D eigenvalue weighted by atomic mass is 32.1. The Morgan fingerprint density at radius 3 is 2.89 bits per heavy atom. The largest absolute Gasteiger partial charge is 0.378 e. The molecule has 0 atom stereocenters. The van der Waals surface area contributed by atoms with Crippen molar-refractivity contribution in [3.05, 3.63) is 54.2 Å². The van der Waals surface area contributed by atoms with Crippen LogP contribution in [0.2, 0.25) is 0 Å². The Balaban J connectivity index is 2.35. The molecule has 1 N–H and O–H groups in total. The van der Waals surface area contributed by atoms with Gasteiger partial charge in [-0.15, -0.1) is 0 Å². The van der Waals surface area contributed by atoms with Crippen LogP contribution >= 0.6 is 12.2 Å². The molecule has 1 aromatic heterocycles. The lowest BCUT2D eigenvalue weighted by Crippen LogP contribution is -2.08. The van der Waals surface area contributed by atoms with Crippen LogP contribution in [0.1, 0.15) is 5.56 Å². The molecule has 0 bridgehead atoms. The molecule has 1 heterocycles. The van der Waals surface area contributed by atoms with E-state index in [1.165, 1.54) is 21.7 Å². The van der Waals surface area contributed by atoms with Gasteiger partial charge in [0, 0.05) is 23.5 Å². The monoisotopic (exact) mass is 252 g/mol. The van der Waals surface area contributed by atoms with Crippen molar-refractivity contribution in [2.24, 2.45) is 0 Å². The van der Waals surface area contributed by atoms with Gasteiger partial charge in [-0.2, -0.15) is 0 Å². The van der Waals surface area contributed by atoms with Gasteiger partial charge in [0.2, 0.25) is 0 Å². The maximum absolute atomic E-state index is 4.82. The molecule has 0 aliphatic carbocycles. The minimum atomic E-state index is 0.733. The van der Waals surface area contributed by atoms with Crippen molar-refractivity contribution in [2.75, 3.05) is 0 Å². The van der Waals surface area contributed by atoms with Crippen LogP contribution in [0.4, 0.5) is 0 Å². The molecular weight excluding hydrogens is 240 g/mol. The normalized spacial score (nSPS) is 10.7. The quantitative estimate of drug-likeness (QED) is 0.571. The van der Waals surface area contributed by atoms with E-state index in [0.29, 0.717) is 0 Å². The van der Waals surface area contributed by atoms with E-state index in [-0.39, 0.29) is 0 Å². The van der Waals surface area contributed by atoms with Gasteiger partial charge in [-0.25, -0.2) is 0 Å². The van der Waals surface area contributed by atoms with Crippen LogP contribution in [0.3, 0.4) is 0 Å². The SMILES string of the molecule is S=CNCc1cccc2ncc3ccccc3c12. The lowest BCUT2D eigenvalue weighted by atomic mass is 10.0. The number of rotatable bonds is 3. The molecule has 3 rings (SSSR count). The summed E-state index contributed by atoms with van der Waals surface area (Å²) in [7, 11) is 0. The topological polar surface area (TPSA) is 24.9 Å². The molecule has 3 heteroatoms. The standard InChI is InChI=1S/C15H12N2S/c18-10-16-8-12-5-3-7-14-15(12)13-6-2-1-4-11(13)9-17-14/h1-7,9-10H,8H2,(H,16,18). The van der Waals surface area contributed by atoms with E-state index in [2.05, 4.69) is 34.6 Å². The van der Waals surface area contributed by atoms with Gasteiger partial charge in [0.05, 0.1) is 11.0 Å². The van der Waals surface area contributed by atoms with Crippen LogP contribution in [0, 0.1) is 0 Å². The second kappa shape index (κ2) is 4.70. The number of hydrogen-bond donors (Lipinski definition) is 1. The average molecular weight is 252 g/mol. The summed E-state index contributed by atoms with van der Waals surface area (Å²) in [6.45, 7) is 0.733. The number of nitrogens with zero attached hydrogens (tertiary/aromatic N) is 1. The zero-order valence-electron chi connectivity index (χ0n) is 9.76. The summed E-state index contributed by atoms with van der Waals surface area (Å²) < 4.78 is 0. The van der Waals surface area contributed by atoms with E-state index in [0.717, 1.165) is 12.1 Å². The van der Waals surface area contributed by atoms with Gasteiger partial charge in [-0.1, -0.05) is 48.6 Å². The van der Waals surface area contributed by atoms with Gasteiger partial charge in [0.15, 0.2) is 0 Å². The Morgan fingerprint density at radius 2 is 2.00 bits per heavy atom. The molecule has 2 aromatic carbocycles. The second-order valence-corrected chi connectivity index (χ2v) is 4.39. The molecule has 0 unspecified atom stereocenters. The summed E-state index contributed by atoms with van der Waals surface area (Å²) in [5.74, 6) is 0. The molecule has 3 aromatic rings. The number of aromatic nitrogens is 1. The van der Waals surface area contributed by atoms with Crippen molar-refractivity contribution in [3.8, 4) is 0 Å². The Labute approximate surface area is 111 Å². The number of nitrogens with one attached hydrogen (secondary N) is 1. The summed E-state index contributed by atoms with van der Waals surface area (Å²) in [6, 6.07) is 14.5. The molecule has 18 heavy (non-hydrogen) atoms. The molecule has 0 amide bonds. The first-order valence-electron chi connectivity index (χ1n) is 5.82. The second-order valence-electron chi connectivity index (χ2n) is 4.16. The smallest absolute Gasteiger partial charge is 0.0711 e. The Hall–Kier alpha value is -2.00. The molecule has 0 aliphatic heterocycles. The van der Waals surface area contributed by atoms with E-state index in [9.17, 15) is 0 Å². The van der Waals surface area contributed by atoms with Crippen molar-refractivity contribution in [2.45, 2.75) is 6.54 Å². The van der Waals surface area contributed by atoms with E-state index < -0.39 is 0 Å². The third-order valence-electron chi connectivity index (χ3n) is 3.08. The lowest BCUT2D eigenvalue weighted by molar-refractivity contribution is 0.954. The first kappa shape index (κ1) is 11.1. The highest BCUT2D eigenvalue weighted by Gasteiger charge is 2.05. The van der Waals surface area contributed by atoms with Gasteiger partial charge < -0.3 is 5.32 Å². The van der Waals surface area contributed by atoms with Crippen molar-refractivity contribution >= 4 is 39.4 Å². The minimum absolute atomic E-state index is 0.733. The minimum Gasteiger partial charge on any atom is -0.378 e. The fourth-order valence-corrected chi connectivity index (χ4v) is 2.36. The van der Waals surface area contributed by atoms with Crippen molar-refractivity contribution in [3.63, 3.8) is 0 Å². The van der Waals surface area contributed by atoms with Crippen molar-refractivity contribution < 1.29 is 0 Å². The van der Waals surface area contributed by atoms with Gasteiger partial charge in [-0.3, -0.25) is 4.98 Å². The van der Waals surface area contributed by atoms with Crippen LogP contribution < -0.4 is 5.32 Å². The Kier molecular flexibility index (Phi) is 2.90. The van der Waals surface area contributed by atoms with Crippen LogP contribution in [0.25, 0.3) is 21.7 Å². The molecule has 88 valence electrons. The number of thiocarbonyl (C=S) groups is 1. The average Bonchev–Trinajstić information content (AvgIpc) is 2.44. The lowest BCUT2D eigenvalue weighted by Gasteiger charge is -2.09. The predicted octanol–water partition coefficient (Wildman–Crippen LogP) is 3.43. The molecule has 0 spiro atoms. The molecule has 0 aliphatic rings. The zero-order chi connectivity index (χ0) is 12.4. The number of benzene rings is 2. The van der Waals surface area contributed by atoms with Gasteiger partial charge in [-0.05, 0) is 17.0 Å². The zero-order valence-corrected chi connectivity index (χ0v) is 10.6. The predicted molar refractivity (Wildman–Crippen MR) is 79.7 cm³/mol. The Morgan fingerprint density at radius 1 is 1.11 bits per heavy atom. The summed E-state index contributed by atoms with van der Waals surface area (Å²) in [4.78, 5) is 4.51. The molecule has 0 saturated carbocycles. The number of fused-ring (bicyclic) bond motifs is 3. The van der Waals surface area contributed by atoms with Gasteiger partial charge >= 0.3 is 0 Å². The first-order valence-corrected chi connectivity index (χ1v) is 6.29. The summed E-state index contributed by atoms with van der Waals surface area (Å²) in [5, 5.41) is 6.70. The fraction of sp³-hybridized carbons (Fsp3) is 0.0667. The molecule has 0 radical (unpaired) electrons. The first-order chi connectivity index (χ1) is 8.90. The number of hydrogen-bond acceptors (Lipinski definition) is 2. The maximum atomic E-state index is 4.82. The van der Waals surface area contributed by atoms with E-state index in [1.807, 2.05) is 24.4 Å². The summed E-state index contributed by atoms with van der Waals surface area (Å²) in [6.07, 6.45) is 1.92. The third kappa shape index (κ3) is 1.83. The van der Waals surface area contributed by atoms with Crippen LogP contribution in [-0.2, 0) is 6.54 Å². The van der Waals surface area contributed by atoms with Gasteiger partial charge in [0.25, 0.3) is 0 Å². The third-order valence-corrected chi connectivity index (χ3v) is 3.24. The van der Waals surface area contributed by atoms with Gasteiger partial charge in [0.1, 0.15) is 0 Å². The van der Waals surface area contributed by atoms with Crippen LogP contribution in [0.5, 0.6) is 0 Å². The number of pyridine rings is 1. The van der Waals surface area contributed by atoms with Crippen molar-refractivity contribution in [1.82, 2.24) is 10.3 Å². The summed E-state index contributed by atoms with van der Waals surface area (Å²) >= 11 is 4.82. The highest BCUT2D eigenvalue weighted by molar-refractivity contribution is 7.78. The van der Waals surface area contributed by atoms with Crippen LogP contribution in [-0.4, -0.2) is 10.5 Å². The highest BCUT2D eigenvalue weighted by Crippen LogP contribution is 2.26. The van der Waals surface area contributed by atoms with E-state index >= 15 is 0 Å². The molecule has 2 nitrogen and oxygen atoms in total. The Bertz CT molecular complexity index is 722. The molecule has 0 fully saturated rings. The fourth-order valence-electron chi connectivity index (χ4n) is 2.28. The van der Waals surface area contributed by atoms with Crippen LogP contribution in [0.15, 0.2) is 48.7 Å². The van der Waals surface area contributed by atoms with E-state index in [1.54, 1.807) is 5.49 Å². The molecular formula is C15H12N2S. The molecule has 0 saturated heterocycles. The summed E-state index contributed by atoms with van der Waals surface area (Å²) in [5.41, 5.74) is 3.80. The van der Waals surface area contributed by atoms with Crippen molar-refractivity contribution in [1.29, 1.82) is 0 Å². The van der Waals surface area contributed by atoms with E-state index in [4.69, 9.17) is 12.2 Å².